The predicted octanol–water partition coefficient (Wildman–Crippen LogP) is 2.46. The zero-order valence-electron chi connectivity index (χ0n) is 13.3. The second-order valence-corrected chi connectivity index (χ2v) is 7.09. The standard InChI is InChI=1S/C15H19N5O2S2/c1-9(2)16-12(21)11(8-10-6-4-3-5-7-10)17-13(22)18-14-19-20-15(23)24-14/h3-7,9,11H,8H2,1-2H3,(H,16,21)(H,20,23)(H2,17,18,19,22)/t11-/m0/s1. The molecule has 7 nitrogen and oxygen atoms in total. The molecule has 128 valence electrons. The maximum Gasteiger partial charge on any atom is 0.321 e. The van der Waals surface area contributed by atoms with Crippen LogP contribution in [0.1, 0.15) is 19.4 Å². The Hall–Kier alpha value is -2.26. The molecule has 24 heavy (non-hydrogen) atoms. The first-order valence-electron chi connectivity index (χ1n) is 7.41. The van der Waals surface area contributed by atoms with Gasteiger partial charge < -0.3 is 10.6 Å². The van der Waals surface area contributed by atoms with E-state index in [1.165, 1.54) is 0 Å². The van der Waals surface area contributed by atoms with Gasteiger partial charge in [0.05, 0.1) is 0 Å². The second kappa shape index (κ2) is 8.55. The van der Waals surface area contributed by atoms with Crippen LogP contribution in [-0.4, -0.2) is 34.2 Å². The second-order valence-electron chi connectivity index (χ2n) is 5.42. The highest BCUT2D eigenvalue weighted by atomic mass is 32.1. The van der Waals surface area contributed by atoms with Gasteiger partial charge in [-0.1, -0.05) is 41.7 Å². The maximum absolute atomic E-state index is 12.4. The van der Waals surface area contributed by atoms with Crippen LogP contribution in [0.3, 0.4) is 0 Å². The molecule has 4 N–H and O–H groups in total. The van der Waals surface area contributed by atoms with E-state index < -0.39 is 12.1 Å². The highest BCUT2D eigenvalue weighted by Gasteiger charge is 2.22. The first-order valence-corrected chi connectivity index (χ1v) is 8.64. The molecular weight excluding hydrogens is 346 g/mol. The van der Waals surface area contributed by atoms with E-state index in [9.17, 15) is 9.59 Å². The highest BCUT2D eigenvalue weighted by molar-refractivity contribution is 7.73. The molecule has 3 amide bonds. The molecule has 1 heterocycles. The Bertz CT molecular complexity index is 742. The van der Waals surface area contributed by atoms with Gasteiger partial charge in [-0.25, -0.2) is 4.79 Å². The number of amides is 3. The monoisotopic (exact) mass is 365 g/mol. The van der Waals surface area contributed by atoms with E-state index in [-0.39, 0.29) is 11.9 Å². The lowest BCUT2D eigenvalue weighted by Crippen LogP contribution is -2.50. The number of aromatic amines is 1. The molecule has 0 saturated heterocycles. The maximum atomic E-state index is 12.4. The predicted molar refractivity (Wildman–Crippen MR) is 96.7 cm³/mol. The van der Waals surface area contributed by atoms with E-state index in [4.69, 9.17) is 12.2 Å². The molecule has 0 saturated carbocycles. The van der Waals surface area contributed by atoms with Crippen LogP contribution in [0.15, 0.2) is 30.3 Å². The molecule has 2 aromatic rings. The van der Waals surface area contributed by atoms with Crippen LogP contribution in [0.25, 0.3) is 0 Å². The largest absolute Gasteiger partial charge is 0.352 e. The summed E-state index contributed by atoms with van der Waals surface area (Å²) in [5.74, 6) is -0.237. The molecule has 0 bridgehead atoms. The summed E-state index contributed by atoms with van der Waals surface area (Å²) in [6, 6.07) is 8.29. The van der Waals surface area contributed by atoms with Crippen LogP contribution in [0.4, 0.5) is 9.93 Å². The molecule has 0 unspecified atom stereocenters. The molecule has 1 aromatic carbocycles. The molecule has 2 rings (SSSR count). The summed E-state index contributed by atoms with van der Waals surface area (Å²) in [5, 5.41) is 14.9. The Kier molecular flexibility index (Phi) is 6.44. The number of hydrogen-bond donors (Lipinski definition) is 4. The average Bonchev–Trinajstić information content (AvgIpc) is 2.92. The Balaban J connectivity index is 2.05. The minimum Gasteiger partial charge on any atom is -0.352 e. The fourth-order valence-corrected chi connectivity index (χ4v) is 2.80. The lowest BCUT2D eigenvalue weighted by molar-refractivity contribution is -0.123. The summed E-state index contributed by atoms with van der Waals surface area (Å²) in [7, 11) is 0. The molecule has 0 aliphatic heterocycles. The number of rotatable bonds is 6. The number of hydrogen-bond acceptors (Lipinski definition) is 5. The molecule has 1 aromatic heterocycles. The Morgan fingerprint density at radius 1 is 1.25 bits per heavy atom. The van der Waals surface area contributed by atoms with Gasteiger partial charge in [0.25, 0.3) is 0 Å². The Morgan fingerprint density at radius 3 is 2.54 bits per heavy atom. The quantitative estimate of drug-likeness (QED) is 0.591. The molecule has 0 spiro atoms. The third-order valence-electron chi connectivity index (χ3n) is 2.99. The zero-order valence-corrected chi connectivity index (χ0v) is 15.0. The number of nitrogens with zero attached hydrogens (tertiary/aromatic N) is 1. The summed E-state index contributed by atoms with van der Waals surface area (Å²) >= 11 is 6.06. The fraction of sp³-hybridized carbons (Fsp3) is 0.333. The van der Waals surface area contributed by atoms with Gasteiger partial charge in [-0.05, 0) is 31.6 Å². The molecular formula is C15H19N5O2S2. The summed E-state index contributed by atoms with van der Waals surface area (Å²) in [5.41, 5.74) is 0.956. The molecule has 0 aliphatic rings. The summed E-state index contributed by atoms with van der Waals surface area (Å²) < 4.78 is 0.462. The van der Waals surface area contributed by atoms with Crippen molar-refractivity contribution in [3.63, 3.8) is 0 Å². The number of H-pyrrole nitrogens is 1. The third-order valence-corrected chi connectivity index (χ3v) is 4.00. The molecule has 0 aliphatic carbocycles. The van der Waals surface area contributed by atoms with Gasteiger partial charge in [0.2, 0.25) is 11.0 Å². The first kappa shape index (κ1) is 18.1. The lowest BCUT2D eigenvalue weighted by atomic mass is 10.1. The number of benzene rings is 1. The third kappa shape index (κ3) is 5.74. The van der Waals surface area contributed by atoms with Gasteiger partial charge in [0, 0.05) is 12.5 Å². The molecule has 0 fully saturated rings. The van der Waals surface area contributed by atoms with Crippen LogP contribution in [-0.2, 0) is 11.2 Å². The summed E-state index contributed by atoms with van der Waals surface area (Å²) in [4.78, 5) is 24.5. The van der Waals surface area contributed by atoms with Crippen molar-refractivity contribution in [1.82, 2.24) is 20.8 Å². The van der Waals surface area contributed by atoms with Gasteiger partial charge in [0.15, 0.2) is 3.95 Å². The fourth-order valence-electron chi connectivity index (χ4n) is 2.02. The van der Waals surface area contributed by atoms with Crippen LogP contribution < -0.4 is 16.0 Å². The van der Waals surface area contributed by atoms with E-state index in [0.717, 1.165) is 16.9 Å². The number of urea groups is 1. The Labute approximate surface area is 148 Å². The van der Waals surface area contributed by atoms with Crippen molar-refractivity contribution in [3.05, 3.63) is 39.8 Å². The average molecular weight is 365 g/mol. The van der Waals surface area contributed by atoms with E-state index in [1.807, 2.05) is 44.2 Å². The van der Waals surface area contributed by atoms with Gasteiger partial charge in [-0.3, -0.25) is 15.2 Å². The molecule has 0 radical (unpaired) electrons. The minimum atomic E-state index is -0.693. The van der Waals surface area contributed by atoms with Crippen molar-refractivity contribution >= 4 is 40.6 Å². The number of nitrogens with one attached hydrogen (secondary N) is 4. The van der Waals surface area contributed by atoms with Crippen LogP contribution >= 0.6 is 23.6 Å². The van der Waals surface area contributed by atoms with E-state index in [2.05, 4.69) is 26.1 Å². The van der Waals surface area contributed by atoms with Crippen molar-refractivity contribution in [2.75, 3.05) is 5.32 Å². The minimum absolute atomic E-state index is 0.0167. The van der Waals surface area contributed by atoms with Crippen molar-refractivity contribution < 1.29 is 9.59 Å². The van der Waals surface area contributed by atoms with E-state index >= 15 is 0 Å². The smallest absolute Gasteiger partial charge is 0.321 e. The van der Waals surface area contributed by atoms with Gasteiger partial charge in [-0.2, -0.15) is 0 Å². The van der Waals surface area contributed by atoms with Crippen molar-refractivity contribution in [1.29, 1.82) is 0 Å². The van der Waals surface area contributed by atoms with Crippen LogP contribution in [0.2, 0.25) is 0 Å². The van der Waals surface area contributed by atoms with Crippen molar-refractivity contribution in [3.8, 4) is 0 Å². The molecule has 9 heteroatoms. The summed E-state index contributed by atoms with van der Waals surface area (Å²) in [6.45, 7) is 3.74. The van der Waals surface area contributed by atoms with Gasteiger partial charge in [-0.15, -0.1) is 5.10 Å². The highest BCUT2D eigenvalue weighted by Crippen LogP contribution is 2.10. The van der Waals surface area contributed by atoms with Crippen molar-refractivity contribution in [2.45, 2.75) is 32.4 Å². The lowest BCUT2D eigenvalue weighted by Gasteiger charge is -2.20. The van der Waals surface area contributed by atoms with Crippen LogP contribution in [0, 0.1) is 3.95 Å². The zero-order chi connectivity index (χ0) is 17.5. The van der Waals surface area contributed by atoms with Crippen LogP contribution in [0.5, 0.6) is 0 Å². The first-order chi connectivity index (χ1) is 11.4. The number of anilines is 1. The topological polar surface area (TPSA) is 98.9 Å². The van der Waals surface area contributed by atoms with E-state index in [0.29, 0.717) is 15.5 Å². The summed E-state index contributed by atoms with van der Waals surface area (Å²) in [6.07, 6.45) is 0.392. The SMILES string of the molecule is CC(C)NC(=O)[C@H](Cc1ccccc1)NC(=O)Nc1n[nH]c(=S)s1. The Morgan fingerprint density at radius 2 is 1.96 bits per heavy atom. The molecule has 1 atom stereocenters. The number of aromatic nitrogens is 2. The normalized spacial score (nSPS) is 11.8. The van der Waals surface area contributed by atoms with Gasteiger partial charge in [0.1, 0.15) is 6.04 Å². The van der Waals surface area contributed by atoms with Crippen molar-refractivity contribution in [2.24, 2.45) is 0 Å². The van der Waals surface area contributed by atoms with E-state index in [1.54, 1.807) is 0 Å². The number of carbonyl (C=O) groups is 2. The number of carbonyl (C=O) groups excluding carboxylic acids is 2. The van der Waals surface area contributed by atoms with Gasteiger partial charge >= 0.3 is 6.03 Å².